The number of aliphatic carboxylic acids is 1. The molecule has 0 fully saturated rings. The fraction of sp³-hybridized carbons (Fsp3) is 0.478. The van der Waals surface area contributed by atoms with Crippen molar-refractivity contribution in [3.8, 4) is 0 Å². The van der Waals surface area contributed by atoms with Gasteiger partial charge in [-0.2, -0.15) is 0 Å². The molecule has 1 aromatic heterocycles. The number of hydrogen-bond acceptors (Lipinski definition) is 7. The van der Waals surface area contributed by atoms with Crippen LogP contribution in [0.15, 0.2) is 30.5 Å². The summed E-state index contributed by atoms with van der Waals surface area (Å²) in [6.45, 7) is 1.11. The fourth-order valence-corrected chi connectivity index (χ4v) is 3.57. The number of rotatable bonds is 14. The standard InChI is InChI=1S/C23H34N6O6/c1-13(30)20(23(34)35)29-19(31)12-27-22(33)18(8-4-5-9-24)28-21(32)16(25)10-14-11-26-17-7-3-2-6-15(14)17/h2-3,6-7,11,13,16,18,20,26,30H,4-5,8-10,12,24-25H2,1H3,(H,27,33)(H,28,32)(H,29,31)(H,34,35). The van der Waals surface area contributed by atoms with E-state index in [2.05, 4.69) is 20.9 Å². The second-order valence-corrected chi connectivity index (χ2v) is 8.36. The minimum atomic E-state index is -1.51. The van der Waals surface area contributed by atoms with E-state index in [0.717, 1.165) is 16.5 Å². The molecule has 2 aromatic rings. The number of carboxylic acids is 1. The van der Waals surface area contributed by atoms with Crippen LogP contribution in [0.1, 0.15) is 31.7 Å². The molecule has 0 radical (unpaired) electrons. The molecule has 3 amide bonds. The van der Waals surface area contributed by atoms with Crippen LogP contribution in [-0.4, -0.2) is 76.2 Å². The Balaban J connectivity index is 1.97. The maximum atomic E-state index is 12.8. The lowest BCUT2D eigenvalue weighted by molar-refractivity contribution is -0.144. The average Bonchev–Trinajstić information content (AvgIpc) is 3.22. The molecule has 0 spiro atoms. The highest BCUT2D eigenvalue weighted by Crippen LogP contribution is 2.18. The van der Waals surface area contributed by atoms with Gasteiger partial charge in [-0.15, -0.1) is 0 Å². The topological polar surface area (TPSA) is 213 Å². The van der Waals surface area contributed by atoms with Crippen molar-refractivity contribution in [2.24, 2.45) is 11.5 Å². The zero-order chi connectivity index (χ0) is 26.0. The van der Waals surface area contributed by atoms with Gasteiger partial charge in [0.15, 0.2) is 6.04 Å². The lowest BCUT2D eigenvalue weighted by Gasteiger charge is -2.21. The molecular formula is C23H34N6O6. The number of para-hydroxylation sites is 1. The van der Waals surface area contributed by atoms with Gasteiger partial charge in [0.05, 0.1) is 18.7 Å². The Bertz CT molecular complexity index is 1020. The van der Waals surface area contributed by atoms with Crippen LogP contribution in [-0.2, 0) is 25.6 Å². The summed E-state index contributed by atoms with van der Waals surface area (Å²) in [4.78, 5) is 51.7. The van der Waals surface area contributed by atoms with E-state index >= 15 is 0 Å². The van der Waals surface area contributed by atoms with Gasteiger partial charge in [-0.05, 0) is 50.8 Å². The molecule has 0 aliphatic rings. The zero-order valence-electron chi connectivity index (χ0n) is 19.6. The SMILES string of the molecule is CC(O)C(NC(=O)CNC(=O)C(CCCCN)NC(=O)C(N)Cc1c[nH]c2ccccc12)C(=O)O. The summed E-state index contributed by atoms with van der Waals surface area (Å²) in [7, 11) is 0. The van der Waals surface area contributed by atoms with Crippen LogP contribution < -0.4 is 27.4 Å². The number of amides is 3. The molecule has 4 unspecified atom stereocenters. The van der Waals surface area contributed by atoms with Gasteiger partial charge in [-0.3, -0.25) is 14.4 Å². The van der Waals surface area contributed by atoms with Gasteiger partial charge in [-0.1, -0.05) is 18.2 Å². The molecule has 0 saturated heterocycles. The van der Waals surface area contributed by atoms with Crippen LogP contribution in [0.5, 0.6) is 0 Å². The minimum absolute atomic E-state index is 0.255. The Kier molecular flexibility index (Phi) is 10.6. The van der Waals surface area contributed by atoms with E-state index in [1.807, 2.05) is 24.3 Å². The quantitative estimate of drug-likeness (QED) is 0.149. The highest BCUT2D eigenvalue weighted by molar-refractivity contribution is 5.93. The molecule has 12 heteroatoms. The van der Waals surface area contributed by atoms with Gasteiger partial charge in [0, 0.05) is 17.1 Å². The van der Waals surface area contributed by atoms with Gasteiger partial charge in [0.1, 0.15) is 6.04 Å². The third-order valence-corrected chi connectivity index (χ3v) is 5.52. The molecular weight excluding hydrogens is 456 g/mol. The molecule has 12 nitrogen and oxygen atoms in total. The number of aromatic nitrogens is 1. The van der Waals surface area contributed by atoms with Crippen molar-refractivity contribution in [1.82, 2.24) is 20.9 Å². The Hall–Kier alpha value is -3.48. The van der Waals surface area contributed by atoms with E-state index in [1.54, 1.807) is 6.20 Å². The van der Waals surface area contributed by atoms with Crippen molar-refractivity contribution in [2.45, 2.75) is 56.8 Å². The summed E-state index contributed by atoms with van der Waals surface area (Å²) in [5.41, 5.74) is 13.4. The lowest BCUT2D eigenvalue weighted by atomic mass is 10.0. The number of hydrogen-bond donors (Lipinski definition) is 8. The second-order valence-electron chi connectivity index (χ2n) is 8.36. The third-order valence-electron chi connectivity index (χ3n) is 5.52. The number of benzene rings is 1. The molecule has 0 saturated carbocycles. The number of fused-ring (bicyclic) bond motifs is 1. The second kappa shape index (κ2) is 13.4. The van der Waals surface area contributed by atoms with E-state index in [9.17, 15) is 24.3 Å². The monoisotopic (exact) mass is 490 g/mol. The van der Waals surface area contributed by atoms with Crippen molar-refractivity contribution >= 4 is 34.6 Å². The first-order valence-electron chi connectivity index (χ1n) is 11.4. The predicted octanol–water partition coefficient (Wildman–Crippen LogP) is -1.28. The van der Waals surface area contributed by atoms with Crippen LogP contribution in [0, 0.1) is 0 Å². The van der Waals surface area contributed by atoms with Gasteiger partial charge in [0.25, 0.3) is 0 Å². The number of aliphatic hydroxyl groups is 1. The van der Waals surface area contributed by atoms with Gasteiger partial charge in [0.2, 0.25) is 17.7 Å². The lowest BCUT2D eigenvalue weighted by Crippen LogP contribution is -2.54. The number of aliphatic hydroxyl groups excluding tert-OH is 1. The average molecular weight is 491 g/mol. The van der Waals surface area contributed by atoms with Crippen LogP contribution >= 0.6 is 0 Å². The highest BCUT2D eigenvalue weighted by Gasteiger charge is 2.27. The van der Waals surface area contributed by atoms with Crippen LogP contribution in [0.2, 0.25) is 0 Å². The molecule has 1 aromatic carbocycles. The van der Waals surface area contributed by atoms with Crippen molar-refractivity contribution in [3.63, 3.8) is 0 Å². The summed E-state index contributed by atoms with van der Waals surface area (Å²) in [5, 5.41) is 26.6. The van der Waals surface area contributed by atoms with Gasteiger partial charge in [-0.25, -0.2) is 4.79 Å². The smallest absolute Gasteiger partial charge is 0.328 e. The number of carbonyl (C=O) groups is 4. The van der Waals surface area contributed by atoms with Crippen molar-refractivity contribution < 1.29 is 29.4 Å². The van der Waals surface area contributed by atoms with E-state index in [4.69, 9.17) is 16.6 Å². The predicted molar refractivity (Wildman–Crippen MR) is 129 cm³/mol. The molecule has 0 bridgehead atoms. The number of carbonyl (C=O) groups excluding carboxylic acids is 3. The first kappa shape index (κ1) is 27.8. The summed E-state index contributed by atoms with van der Waals surface area (Å²) in [5.74, 6) is -3.34. The van der Waals surface area contributed by atoms with E-state index in [-0.39, 0.29) is 12.8 Å². The first-order chi connectivity index (χ1) is 16.6. The van der Waals surface area contributed by atoms with Crippen molar-refractivity contribution in [2.75, 3.05) is 13.1 Å². The Morgan fingerprint density at radius 3 is 2.46 bits per heavy atom. The molecule has 35 heavy (non-hydrogen) atoms. The summed E-state index contributed by atoms with van der Waals surface area (Å²) in [6.07, 6.45) is 2.19. The maximum absolute atomic E-state index is 12.8. The normalized spacial score (nSPS) is 14.5. The molecule has 192 valence electrons. The summed E-state index contributed by atoms with van der Waals surface area (Å²) in [6, 6.07) is 4.24. The zero-order valence-corrected chi connectivity index (χ0v) is 19.6. The number of nitrogens with one attached hydrogen (secondary N) is 4. The number of nitrogens with two attached hydrogens (primary N) is 2. The molecule has 0 aliphatic heterocycles. The van der Waals surface area contributed by atoms with Gasteiger partial charge >= 0.3 is 5.97 Å². The number of unbranched alkanes of at least 4 members (excludes halogenated alkanes) is 1. The Morgan fingerprint density at radius 1 is 1.09 bits per heavy atom. The Morgan fingerprint density at radius 2 is 1.80 bits per heavy atom. The van der Waals surface area contributed by atoms with Gasteiger partial charge < -0.3 is 42.6 Å². The van der Waals surface area contributed by atoms with Crippen LogP contribution in [0.4, 0.5) is 0 Å². The maximum Gasteiger partial charge on any atom is 0.328 e. The number of carboxylic acid groups (broad SMARTS) is 1. The number of aromatic amines is 1. The Labute approximate surface area is 202 Å². The molecule has 10 N–H and O–H groups in total. The van der Waals surface area contributed by atoms with Crippen LogP contribution in [0.25, 0.3) is 10.9 Å². The highest BCUT2D eigenvalue weighted by atomic mass is 16.4. The molecule has 0 aliphatic carbocycles. The van der Waals surface area contributed by atoms with Crippen molar-refractivity contribution in [1.29, 1.82) is 0 Å². The first-order valence-corrected chi connectivity index (χ1v) is 11.4. The molecule has 1 heterocycles. The largest absolute Gasteiger partial charge is 0.480 e. The van der Waals surface area contributed by atoms with Crippen molar-refractivity contribution in [3.05, 3.63) is 36.0 Å². The van der Waals surface area contributed by atoms with E-state index < -0.39 is 54.5 Å². The minimum Gasteiger partial charge on any atom is -0.480 e. The van der Waals surface area contributed by atoms with E-state index in [1.165, 1.54) is 6.92 Å². The fourth-order valence-electron chi connectivity index (χ4n) is 3.57. The third kappa shape index (κ3) is 8.35. The number of H-pyrrole nitrogens is 1. The van der Waals surface area contributed by atoms with E-state index in [0.29, 0.717) is 19.4 Å². The van der Waals surface area contributed by atoms with Crippen LogP contribution in [0.3, 0.4) is 0 Å². The molecule has 4 atom stereocenters. The molecule has 2 rings (SSSR count). The summed E-state index contributed by atoms with van der Waals surface area (Å²) < 4.78 is 0. The summed E-state index contributed by atoms with van der Waals surface area (Å²) >= 11 is 0.